The number of esters is 2. The van der Waals surface area contributed by atoms with Gasteiger partial charge in [0.25, 0.3) is 0 Å². The van der Waals surface area contributed by atoms with Crippen molar-refractivity contribution >= 4 is 11.9 Å². The molecule has 0 radical (unpaired) electrons. The van der Waals surface area contributed by atoms with Crippen molar-refractivity contribution in [2.45, 2.75) is 64.3 Å². The summed E-state index contributed by atoms with van der Waals surface area (Å²) < 4.78 is 41.2. The van der Waals surface area contributed by atoms with Crippen molar-refractivity contribution in [3.63, 3.8) is 0 Å². The normalized spacial score (nSPS) is 20.1. The highest BCUT2D eigenvalue weighted by Gasteiger charge is 2.51. The molecule has 4 unspecified atom stereocenters. The molecular weight excluding hydrogens is 608 g/mol. The maximum atomic E-state index is 13.7. The Bertz CT molecular complexity index is 1580. The molecule has 47 heavy (non-hydrogen) atoms. The number of aliphatic hydroxyl groups is 1. The lowest BCUT2D eigenvalue weighted by atomic mass is 9.71. The fourth-order valence-electron chi connectivity index (χ4n) is 6.11. The topological polar surface area (TPSA) is 139 Å². The first kappa shape index (κ1) is 35.2. The highest BCUT2D eigenvalue weighted by Crippen LogP contribution is 2.60. The standard InChI is InChI=1S/C36H44O11/c1-9-10-12-17-26(38)46-29-20(2)36(3,40)34(47-35(39)21-15-13-11-14-16-21)23-19-25(41-4)31(43-6)33(45-8)28(23)27-22(29)18-24(37)30(42-5)32(27)44-7/h11,13-16,18-20,29,34,37,40H,9-10,12,17H2,1-8H3. The van der Waals surface area contributed by atoms with Crippen molar-refractivity contribution in [3.05, 3.63) is 59.2 Å². The Morgan fingerprint density at radius 2 is 1.38 bits per heavy atom. The summed E-state index contributed by atoms with van der Waals surface area (Å²) in [7, 11) is 7.10. The van der Waals surface area contributed by atoms with Crippen LogP contribution >= 0.6 is 0 Å². The van der Waals surface area contributed by atoms with E-state index in [-0.39, 0.29) is 57.6 Å². The van der Waals surface area contributed by atoms with Gasteiger partial charge in [0.1, 0.15) is 11.7 Å². The molecule has 0 aromatic heterocycles. The van der Waals surface area contributed by atoms with Gasteiger partial charge in [-0.25, -0.2) is 4.79 Å². The molecule has 4 atom stereocenters. The smallest absolute Gasteiger partial charge is 0.338 e. The quantitative estimate of drug-likeness (QED) is 0.162. The SMILES string of the molecule is CCCCCC(=O)OC1c2cc(O)c(OC)c(OC)c2-c2c(cc(OC)c(OC)c2OC)C(OC(=O)c2ccccc2)C(C)(O)C1C. The number of carbonyl (C=O) groups is 2. The van der Waals surface area contributed by atoms with E-state index in [2.05, 4.69) is 0 Å². The number of aromatic hydroxyl groups is 1. The fourth-order valence-corrected chi connectivity index (χ4v) is 6.11. The molecule has 0 bridgehead atoms. The van der Waals surface area contributed by atoms with Crippen LogP contribution in [0, 0.1) is 5.92 Å². The Kier molecular flexibility index (Phi) is 11.1. The highest BCUT2D eigenvalue weighted by molar-refractivity contribution is 5.91. The van der Waals surface area contributed by atoms with Crippen molar-refractivity contribution in [1.29, 1.82) is 0 Å². The second-order valence-corrected chi connectivity index (χ2v) is 11.6. The van der Waals surface area contributed by atoms with Crippen LogP contribution in [0.3, 0.4) is 0 Å². The largest absolute Gasteiger partial charge is 0.504 e. The number of phenolic OH excluding ortho intramolecular Hbond substituents is 1. The Hall–Kier alpha value is -4.64. The van der Waals surface area contributed by atoms with Gasteiger partial charge in [-0.2, -0.15) is 0 Å². The van der Waals surface area contributed by atoms with Gasteiger partial charge in [0.05, 0.1) is 41.1 Å². The molecule has 3 aromatic carbocycles. The lowest BCUT2D eigenvalue weighted by Crippen LogP contribution is -2.46. The third-order valence-electron chi connectivity index (χ3n) is 8.74. The molecule has 0 heterocycles. The molecule has 0 spiro atoms. The summed E-state index contributed by atoms with van der Waals surface area (Å²) >= 11 is 0. The van der Waals surface area contributed by atoms with Crippen LogP contribution in [0.25, 0.3) is 11.1 Å². The second kappa shape index (κ2) is 14.8. The van der Waals surface area contributed by atoms with Gasteiger partial charge in [0.15, 0.2) is 29.1 Å². The van der Waals surface area contributed by atoms with E-state index in [1.165, 1.54) is 48.5 Å². The van der Waals surface area contributed by atoms with Crippen LogP contribution in [0.1, 0.15) is 80.1 Å². The predicted molar refractivity (Wildman–Crippen MR) is 174 cm³/mol. The highest BCUT2D eigenvalue weighted by atomic mass is 16.6. The molecule has 4 rings (SSSR count). The van der Waals surface area contributed by atoms with Crippen LogP contribution in [0.5, 0.6) is 34.5 Å². The Morgan fingerprint density at radius 3 is 1.96 bits per heavy atom. The van der Waals surface area contributed by atoms with E-state index < -0.39 is 35.7 Å². The summed E-state index contributed by atoms with van der Waals surface area (Å²) in [4.78, 5) is 27.0. The minimum absolute atomic E-state index is 0.000114. The molecule has 254 valence electrons. The first-order valence-corrected chi connectivity index (χ1v) is 15.5. The zero-order chi connectivity index (χ0) is 34.5. The number of rotatable bonds is 12. The third-order valence-corrected chi connectivity index (χ3v) is 8.74. The van der Waals surface area contributed by atoms with E-state index in [9.17, 15) is 19.8 Å². The van der Waals surface area contributed by atoms with Crippen molar-refractivity contribution in [1.82, 2.24) is 0 Å². The van der Waals surface area contributed by atoms with Crippen LogP contribution in [-0.4, -0.2) is 63.3 Å². The summed E-state index contributed by atoms with van der Waals surface area (Å²) in [5.74, 6) is -1.74. The minimum Gasteiger partial charge on any atom is -0.504 e. The minimum atomic E-state index is -1.89. The molecule has 3 aromatic rings. The molecule has 0 amide bonds. The maximum Gasteiger partial charge on any atom is 0.338 e. The van der Waals surface area contributed by atoms with Crippen LogP contribution in [-0.2, 0) is 14.3 Å². The van der Waals surface area contributed by atoms with E-state index in [4.69, 9.17) is 33.2 Å². The van der Waals surface area contributed by atoms with E-state index in [1.54, 1.807) is 43.3 Å². The Balaban J connectivity index is 2.16. The third kappa shape index (κ3) is 6.62. The van der Waals surface area contributed by atoms with Gasteiger partial charge < -0.3 is 43.4 Å². The molecule has 0 saturated carbocycles. The molecular formula is C36H44O11. The Labute approximate surface area is 275 Å². The predicted octanol–water partition coefficient (Wildman–Crippen LogP) is 6.57. The lowest BCUT2D eigenvalue weighted by molar-refractivity contribution is -0.169. The van der Waals surface area contributed by atoms with Gasteiger partial charge in [-0.15, -0.1) is 0 Å². The van der Waals surface area contributed by atoms with Crippen LogP contribution in [0.4, 0.5) is 0 Å². The van der Waals surface area contributed by atoms with E-state index in [0.717, 1.165) is 12.8 Å². The molecule has 1 aliphatic rings. The number of methoxy groups -OCH3 is 5. The van der Waals surface area contributed by atoms with Gasteiger partial charge in [-0.1, -0.05) is 44.9 Å². The zero-order valence-electron chi connectivity index (χ0n) is 28.2. The Morgan fingerprint density at radius 1 is 0.787 bits per heavy atom. The second-order valence-electron chi connectivity index (χ2n) is 11.6. The number of benzene rings is 3. The van der Waals surface area contributed by atoms with Crippen LogP contribution in [0.2, 0.25) is 0 Å². The number of hydrogen-bond acceptors (Lipinski definition) is 11. The maximum absolute atomic E-state index is 13.7. The lowest BCUT2D eigenvalue weighted by Gasteiger charge is -2.44. The molecule has 0 saturated heterocycles. The number of fused-ring (bicyclic) bond motifs is 3. The average Bonchev–Trinajstić information content (AvgIpc) is 3.07. The van der Waals surface area contributed by atoms with Gasteiger partial charge in [0, 0.05) is 34.6 Å². The van der Waals surface area contributed by atoms with Crippen molar-refractivity contribution in [2.75, 3.05) is 35.5 Å². The summed E-state index contributed by atoms with van der Waals surface area (Å²) in [5.41, 5.74) is -0.462. The van der Waals surface area contributed by atoms with E-state index in [1.807, 2.05) is 6.92 Å². The molecule has 11 heteroatoms. The first-order chi connectivity index (χ1) is 22.5. The van der Waals surface area contributed by atoms with Gasteiger partial charge in [-0.05, 0) is 37.6 Å². The number of ether oxygens (including phenoxy) is 7. The van der Waals surface area contributed by atoms with Gasteiger partial charge in [0.2, 0.25) is 11.5 Å². The summed E-state index contributed by atoms with van der Waals surface area (Å²) in [5, 5.41) is 23.7. The van der Waals surface area contributed by atoms with Crippen molar-refractivity contribution < 1.29 is 53.0 Å². The number of phenols is 1. The monoisotopic (exact) mass is 652 g/mol. The van der Waals surface area contributed by atoms with Crippen molar-refractivity contribution in [2.24, 2.45) is 5.92 Å². The molecule has 0 aliphatic heterocycles. The summed E-state index contributed by atoms with van der Waals surface area (Å²) in [6.07, 6.45) is -0.0468. The molecule has 1 aliphatic carbocycles. The van der Waals surface area contributed by atoms with Crippen molar-refractivity contribution in [3.8, 4) is 45.6 Å². The van der Waals surface area contributed by atoms with Gasteiger partial charge >= 0.3 is 11.9 Å². The first-order valence-electron chi connectivity index (χ1n) is 15.5. The fraction of sp³-hybridized carbons (Fsp3) is 0.444. The number of unbranched alkanes of at least 4 members (excludes halogenated alkanes) is 2. The molecule has 11 nitrogen and oxygen atoms in total. The van der Waals surface area contributed by atoms with E-state index in [0.29, 0.717) is 17.5 Å². The number of hydrogen-bond donors (Lipinski definition) is 2. The van der Waals surface area contributed by atoms with Crippen LogP contribution in [0.15, 0.2) is 42.5 Å². The van der Waals surface area contributed by atoms with E-state index >= 15 is 0 Å². The summed E-state index contributed by atoms with van der Waals surface area (Å²) in [6, 6.07) is 11.4. The average molecular weight is 653 g/mol. The number of carbonyl (C=O) groups excluding carboxylic acids is 2. The summed E-state index contributed by atoms with van der Waals surface area (Å²) in [6.45, 7) is 5.23. The molecule has 0 fully saturated rings. The van der Waals surface area contributed by atoms with Crippen LogP contribution < -0.4 is 23.7 Å². The molecule has 2 N–H and O–H groups in total. The van der Waals surface area contributed by atoms with Gasteiger partial charge in [-0.3, -0.25) is 4.79 Å². The zero-order valence-corrected chi connectivity index (χ0v) is 28.2.